The molecule has 0 radical (unpaired) electrons. The van der Waals surface area contributed by atoms with Crippen molar-refractivity contribution < 1.29 is 0 Å². The zero-order chi connectivity index (χ0) is 17.9. The molecule has 3 aromatic rings. The molecular weight excluding hydrogens is 457 g/mol. The number of imidazole rings is 1. The van der Waals surface area contributed by atoms with E-state index in [2.05, 4.69) is 62.6 Å². The first-order chi connectivity index (χ1) is 12.0. The molecular formula is C19H26IN5S. The third kappa shape index (κ3) is 4.56. The third-order valence-electron chi connectivity index (χ3n) is 4.40. The predicted octanol–water partition coefficient (Wildman–Crippen LogP) is 3.90. The summed E-state index contributed by atoms with van der Waals surface area (Å²) >= 11 is 1.79. The van der Waals surface area contributed by atoms with E-state index < -0.39 is 0 Å². The van der Waals surface area contributed by atoms with Crippen LogP contribution in [0.5, 0.6) is 0 Å². The second-order valence-electron chi connectivity index (χ2n) is 6.72. The van der Waals surface area contributed by atoms with E-state index in [1.807, 2.05) is 25.2 Å². The van der Waals surface area contributed by atoms with Gasteiger partial charge in [-0.15, -0.1) is 35.3 Å². The van der Waals surface area contributed by atoms with Crippen LogP contribution in [0.4, 0.5) is 0 Å². The minimum absolute atomic E-state index is 0. The molecule has 0 spiro atoms. The number of hydrogen-bond acceptors (Lipinski definition) is 3. The molecule has 2 heterocycles. The molecule has 0 bridgehead atoms. The zero-order valence-corrected chi connectivity index (χ0v) is 18.8. The maximum Gasteiger partial charge on any atom is 0.191 e. The van der Waals surface area contributed by atoms with E-state index in [1.54, 1.807) is 18.4 Å². The lowest BCUT2D eigenvalue weighted by atomic mass is 9.91. The summed E-state index contributed by atoms with van der Waals surface area (Å²) in [5.41, 5.74) is 2.22. The first-order valence-electron chi connectivity index (χ1n) is 8.40. The summed E-state index contributed by atoms with van der Waals surface area (Å²) in [6.45, 7) is 5.93. The number of guanidine groups is 1. The van der Waals surface area contributed by atoms with Gasteiger partial charge in [0.05, 0.1) is 17.6 Å². The molecule has 26 heavy (non-hydrogen) atoms. The normalized spacial score (nSPS) is 12.1. The van der Waals surface area contributed by atoms with E-state index in [4.69, 9.17) is 0 Å². The largest absolute Gasteiger partial charge is 0.356 e. The SMILES string of the molecule is CN=C(NCc1nc2ccccc2n1C)NCC(C)(C)c1cccs1.I. The number of aryl methyl sites for hydroxylation is 1. The van der Waals surface area contributed by atoms with Gasteiger partial charge in [-0.1, -0.05) is 32.0 Å². The molecule has 0 aliphatic carbocycles. The molecule has 1 aromatic carbocycles. The van der Waals surface area contributed by atoms with E-state index in [1.165, 1.54) is 4.88 Å². The fourth-order valence-electron chi connectivity index (χ4n) is 2.79. The number of fused-ring (bicyclic) bond motifs is 1. The number of nitrogens with zero attached hydrogens (tertiary/aromatic N) is 3. The summed E-state index contributed by atoms with van der Waals surface area (Å²) in [5.74, 6) is 1.78. The minimum atomic E-state index is 0. The number of nitrogens with one attached hydrogen (secondary N) is 2. The number of benzene rings is 1. The first kappa shape index (κ1) is 20.7. The van der Waals surface area contributed by atoms with Gasteiger partial charge in [-0.3, -0.25) is 4.99 Å². The fraction of sp³-hybridized carbons (Fsp3) is 0.368. The van der Waals surface area contributed by atoms with Gasteiger partial charge >= 0.3 is 0 Å². The Labute approximate surface area is 176 Å². The van der Waals surface area contributed by atoms with E-state index in [-0.39, 0.29) is 29.4 Å². The predicted molar refractivity (Wildman–Crippen MR) is 122 cm³/mol. The van der Waals surface area contributed by atoms with Crippen LogP contribution in [-0.4, -0.2) is 29.1 Å². The highest BCUT2D eigenvalue weighted by Crippen LogP contribution is 2.26. The monoisotopic (exact) mass is 483 g/mol. The van der Waals surface area contributed by atoms with Gasteiger partial charge in [-0.05, 0) is 23.6 Å². The Kier molecular flexibility index (Phi) is 7.05. The quantitative estimate of drug-likeness (QED) is 0.329. The smallest absolute Gasteiger partial charge is 0.191 e. The molecule has 0 fully saturated rings. The summed E-state index contributed by atoms with van der Waals surface area (Å²) < 4.78 is 2.12. The van der Waals surface area contributed by atoms with Crippen molar-refractivity contribution in [3.05, 3.63) is 52.5 Å². The zero-order valence-electron chi connectivity index (χ0n) is 15.6. The first-order valence-corrected chi connectivity index (χ1v) is 9.28. The molecule has 0 aliphatic rings. The van der Waals surface area contributed by atoms with Crippen LogP contribution in [0.3, 0.4) is 0 Å². The van der Waals surface area contributed by atoms with Crippen LogP contribution in [0.15, 0.2) is 46.8 Å². The average molecular weight is 483 g/mol. The Bertz CT molecular complexity index is 867. The van der Waals surface area contributed by atoms with E-state index in [9.17, 15) is 0 Å². The number of aliphatic imine (C=N–C) groups is 1. The van der Waals surface area contributed by atoms with Crippen molar-refractivity contribution in [1.82, 2.24) is 20.2 Å². The van der Waals surface area contributed by atoms with E-state index in [0.29, 0.717) is 6.54 Å². The number of hydrogen-bond donors (Lipinski definition) is 2. The van der Waals surface area contributed by atoms with Gasteiger partial charge < -0.3 is 15.2 Å². The van der Waals surface area contributed by atoms with Crippen LogP contribution in [0.2, 0.25) is 0 Å². The van der Waals surface area contributed by atoms with Gasteiger partial charge in [0.25, 0.3) is 0 Å². The molecule has 2 aromatic heterocycles. The second kappa shape index (κ2) is 8.85. The average Bonchev–Trinajstić information content (AvgIpc) is 3.25. The molecule has 0 amide bonds. The summed E-state index contributed by atoms with van der Waals surface area (Å²) in [4.78, 5) is 10.4. The minimum Gasteiger partial charge on any atom is -0.356 e. The highest BCUT2D eigenvalue weighted by atomic mass is 127. The van der Waals surface area contributed by atoms with Crippen LogP contribution >= 0.6 is 35.3 Å². The number of halogens is 1. The van der Waals surface area contributed by atoms with Crippen molar-refractivity contribution in [3.8, 4) is 0 Å². The van der Waals surface area contributed by atoms with Gasteiger partial charge in [0, 0.05) is 30.9 Å². The van der Waals surface area contributed by atoms with Crippen LogP contribution < -0.4 is 10.6 Å². The van der Waals surface area contributed by atoms with Crippen molar-refractivity contribution in [1.29, 1.82) is 0 Å². The van der Waals surface area contributed by atoms with Crippen LogP contribution in [0.1, 0.15) is 24.5 Å². The highest BCUT2D eigenvalue weighted by Gasteiger charge is 2.22. The summed E-state index contributed by atoms with van der Waals surface area (Å²) in [7, 11) is 3.84. The Morgan fingerprint density at radius 2 is 1.96 bits per heavy atom. The highest BCUT2D eigenvalue weighted by molar-refractivity contribution is 14.0. The number of para-hydroxylation sites is 2. The van der Waals surface area contributed by atoms with Gasteiger partial charge in [0.15, 0.2) is 5.96 Å². The summed E-state index contributed by atoms with van der Waals surface area (Å²) in [6.07, 6.45) is 0. The van der Waals surface area contributed by atoms with Crippen molar-refractivity contribution in [2.75, 3.05) is 13.6 Å². The van der Waals surface area contributed by atoms with Gasteiger partial charge in [0.1, 0.15) is 5.82 Å². The van der Waals surface area contributed by atoms with Crippen molar-refractivity contribution in [2.45, 2.75) is 25.8 Å². The lowest BCUT2D eigenvalue weighted by Crippen LogP contribution is -2.43. The standard InChI is InChI=1S/C19H25N5S.HI/c1-19(2,16-10-7-11-25-16)13-22-18(20-3)21-12-17-23-14-8-5-6-9-15(14)24(17)4;/h5-11H,12-13H2,1-4H3,(H2,20,21,22);1H. The van der Waals surface area contributed by atoms with E-state index >= 15 is 0 Å². The van der Waals surface area contributed by atoms with Crippen LogP contribution in [0, 0.1) is 0 Å². The molecule has 0 unspecified atom stereocenters. The Balaban J connectivity index is 0.00000243. The molecule has 0 atom stereocenters. The number of aromatic nitrogens is 2. The molecule has 0 saturated carbocycles. The molecule has 0 saturated heterocycles. The topological polar surface area (TPSA) is 54.2 Å². The van der Waals surface area contributed by atoms with Gasteiger partial charge in [-0.25, -0.2) is 4.98 Å². The molecule has 140 valence electrons. The maximum atomic E-state index is 4.69. The van der Waals surface area contributed by atoms with Gasteiger partial charge in [-0.2, -0.15) is 0 Å². The fourth-order valence-corrected chi connectivity index (χ4v) is 3.64. The summed E-state index contributed by atoms with van der Waals surface area (Å²) in [5, 5.41) is 8.92. The molecule has 5 nitrogen and oxygen atoms in total. The van der Waals surface area contributed by atoms with Gasteiger partial charge in [0.2, 0.25) is 0 Å². The Hall–Kier alpha value is -1.61. The van der Waals surface area contributed by atoms with Crippen molar-refractivity contribution in [3.63, 3.8) is 0 Å². The van der Waals surface area contributed by atoms with Crippen molar-refractivity contribution >= 4 is 52.3 Å². The molecule has 2 N–H and O–H groups in total. The molecule has 0 aliphatic heterocycles. The lowest BCUT2D eigenvalue weighted by molar-refractivity contribution is 0.518. The third-order valence-corrected chi connectivity index (χ3v) is 5.64. The van der Waals surface area contributed by atoms with Crippen LogP contribution in [0.25, 0.3) is 11.0 Å². The lowest BCUT2D eigenvalue weighted by Gasteiger charge is -2.25. The Morgan fingerprint density at radius 3 is 2.62 bits per heavy atom. The summed E-state index contributed by atoms with van der Waals surface area (Å²) in [6, 6.07) is 12.5. The molecule has 7 heteroatoms. The Morgan fingerprint density at radius 1 is 1.19 bits per heavy atom. The second-order valence-corrected chi connectivity index (χ2v) is 7.66. The van der Waals surface area contributed by atoms with Crippen molar-refractivity contribution in [2.24, 2.45) is 12.0 Å². The van der Waals surface area contributed by atoms with E-state index in [0.717, 1.165) is 29.4 Å². The number of rotatable bonds is 5. The van der Waals surface area contributed by atoms with Crippen LogP contribution in [-0.2, 0) is 19.0 Å². The maximum absolute atomic E-state index is 4.69. The molecule has 3 rings (SSSR count). The number of thiophene rings is 1.